The maximum absolute atomic E-state index is 12.0. The lowest BCUT2D eigenvalue weighted by molar-refractivity contribution is -0.385. The van der Waals surface area contributed by atoms with Crippen molar-refractivity contribution in [3.63, 3.8) is 0 Å². The molecule has 0 spiro atoms. The van der Waals surface area contributed by atoms with E-state index >= 15 is 0 Å². The summed E-state index contributed by atoms with van der Waals surface area (Å²) in [4.78, 5) is 22.3. The second-order valence-corrected chi connectivity index (χ2v) is 4.79. The van der Waals surface area contributed by atoms with Crippen LogP contribution in [0.25, 0.3) is 0 Å². The Kier molecular flexibility index (Phi) is 4.11. The number of carbonyl (C=O) groups excluding carboxylic acids is 1. The molecule has 0 aliphatic carbocycles. The first-order valence-corrected chi connectivity index (χ1v) is 6.34. The Morgan fingerprint density at radius 2 is 2.32 bits per heavy atom. The van der Waals surface area contributed by atoms with Gasteiger partial charge in [0.1, 0.15) is 0 Å². The molecule has 1 aromatic rings. The summed E-state index contributed by atoms with van der Waals surface area (Å²) >= 11 is 0. The zero-order valence-corrected chi connectivity index (χ0v) is 10.8. The number of nitrogens with one attached hydrogen (secondary N) is 2. The number of nitro benzene ring substituents is 1. The molecule has 19 heavy (non-hydrogen) atoms. The van der Waals surface area contributed by atoms with Gasteiger partial charge in [0.25, 0.3) is 5.69 Å². The Morgan fingerprint density at radius 3 is 2.89 bits per heavy atom. The number of anilines is 1. The zero-order chi connectivity index (χ0) is 13.8. The van der Waals surface area contributed by atoms with Crippen molar-refractivity contribution in [2.45, 2.75) is 19.8 Å². The SMILES string of the molecule is Cc1cc(NC(=O)[C@H]2CCCNC2)ccc1[N+](=O)[O-]. The number of amides is 1. The number of hydrogen-bond acceptors (Lipinski definition) is 4. The average Bonchev–Trinajstić information content (AvgIpc) is 2.39. The highest BCUT2D eigenvalue weighted by atomic mass is 16.6. The van der Waals surface area contributed by atoms with E-state index in [0.717, 1.165) is 19.4 Å². The molecule has 2 rings (SSSR count). The molecular formula is C13H17N3O3. The fourth-order valence-electron chi connectivity index (χ4n) is 2.26. The summed E-state index contributed by atoms with van der Waals surface area (Å²) in [5.74, 6) is -0.0512. The van der Waals surface area contributed by atoms with Crippen LogP contribution in [-0.4, -0.2) is 23.9 Å². The molecular weight excluding hydrogens is 246 g/mol. The first kappa shape index (κ1) is 13.5. The minimum atomic E-state index is -0.425. The van der Waals surface area contributed by atoms with Gasteiger partial charge in [0.05, 0.1) is 10.8 Å². The van der Waals surface area contributed by atoms with Crippen LogP contribution >= 0.6 is 0 Å². The molecule has 1 aliphatic heterocycles. The van der Waals surface area contributed by atoms with E-state index in [4.69, 9.17) is 0 Å². The summed E-state index contributed by atoms with van der Waals surface area (Å²) in [5, 5.41) is 16.7. The summed E-state index contributed by atoms with van der Waals surface area (Å²) in [6, 6.07) is 4.62. The first-order chi connectivity index (χ1) is 9.08. The molecule has 0 saturated carbocycles. The Morgan fingerprint density at radius 1 is 1.53 bits per heavy atom. The summed E-state index contributed by atoms with van der Waals surface area (Å²) in [6.45, 7) is 3.31. The van der Waals surface area contributed by atoms with Gasteiger partial charge >= 0.3 is 0 Å². The Hall–Kier alpha value is -1.95. The first-order valence-electron chi connectivity index (χ1n) is 6.34. The van der Waals surface area contributed by atoms with E-state index in [1.807, 2.05) is 0 Å². The van der Waals surface area contributed by atoms with Crippen molar-refractivity contribution >= 4 is 17.3 Å². The molecule has 0 radical (unpaired) electrons. The lowest BCUT2D eigenvalue weighted by Crippen LogP contribution is -2.37. The molecule has 6 nitrogen and oxygen atoms in total. The van der Waals surface area contributed by atoms with Crippen molar-refractivity contribution < 1.29 is 9.72 Å². The van der Waals surface area contributed by atoms with Gasteiger partial charge in [-0.25, -0.2) is 0 Å². The molecule has 1 fully saturated rings. The molecule has 1 heterocycles. The fourth-order valence-corrected chi connectivity index (χ4v) is 2.26. The zero-order valence-electron chi connectivity index (χ0n) is 10.8. The molecule has 0 aromatic heterocycles. The lowest BCUT2D eigenvalue weighted by Gasteiger charge is -2.21. The van der Waals surface area contributed by atoms with Gasteiger partial charge in [0.2, 0.25) is 5.91 Å². The van der Waals surface area contributed by atoms with Crippen molar-refractivity contribution in [2.24, 2.45) is 5.92 Å². The minimum absolute atomic E-state index is 0.0238. The molecule has 6 heteroatoms. The molecule has 1 aliphatic rings. The fraction of sp³-hybridized carbons (Fsp3) is 0.462. The van der Waals surface area contributed by atoms with E-state index in [1.165, 1.54) is 6.07 Å². The third-order valence-electron chi connectivity index (χ3n) is 3.33. The van der Waals surface area contributed by atoms with E-state index < -0.39 is 4.92 Å². The molecule has 1 saturated heterocycles. The largest absolute Gasteiger partial charge is 0.326 e. The number of hydrogen-bond donors (Lipinski definition) is 2. The van der Waals surface area contributed by atoms with Crippen LogP contribution in [0.3, 0.4) is 0 Å². The monoisotopic (exact) mass is 263 g/mol. The van der Waals surface area contributed by atoms with Gasteiger partial charge in [-0.3, -0.25) is 14.9 Å². The summed E-state index contributed by atoms with van der Waals surface area (Å²) < 4.78 is 0. The van der Waals surface area contributed by atoms with Crippen molar-refractivity contribution in [3.05, 3.63) is 33.9 Å². The Labute approximate surface area is 111 Å². The predicted molar refractivity (Wildman–Crippen MR) is 72.1 cm³/mol. The molecule has 0 bridgehead atoms. The summed E-state index contributed by atoms with van der Waals surface area (Å²) in [7, 11) is 0. The van der Waals surface area contributed by atoms with Crippen LogP contribution in [0.4, 0.5) is 11.4 Å². The smallest absolute Gasteiger partial charge is 0.272 e. The predicted octanol–water partition coefficient (Wildman–Crippen LogP) is 1.84. The number of nitro groups is 1. The highest BCUT2D eigenvalue weighted by Gasteiger charge is 2.21. The Bertz CT molecular complexity index is 496. The third-order valence-corrected chi connectivity index (χ3v) is 3.33. The second-order valence-electron chi connectivity index (χ2n) is 4.79. The van der Waals surface area contributed by atoms with Gasteiger partial charge in [-0.1, -0.05) is 0 Å². The molecule has 1 aromatic carbocycles. The number of aryl methyl sites for hydroxylation is 1. The number of benzene rings is 1. The van der Waals surface area contributed by atoms with Gasteiger partial charge < -0.3 is 10.6 Å². The third kappa shape index (κ3) is 3.29. The summed E-state index contributed by atoms with van der Waals surface area (Å²) in [5.41, 5.74) is 1.22. The quantitative estimate of drug-likeness (QED) is 0.643. The van der Waals surface area contributed by atoms with Gasteiger partial charge in [-0.2, -0.15) is 0 Å². The van der Waals surface area contributed by atoms with Crippen molar-refractivity contribution in [2.75, 3.05) is 18.4 Å². The van der Waals surface area contributed by atoms with Crippen molar-refractivity contribution in [1.82, 2.24) is 5.32 Å². The molecule has 1 atom stereocenters. The summed E-state index contributed by atoms with van der Waals surface area (Å²) in [6.07, 6.45) is 1.88. The van der Waals surface area contributed by atoms with Crippen LogP contribution in [0.5, 0.6) is 0 Å². The number of rotatable bonds is 3. The van der Waals surface area contributed by atoms with Crippen LogP contribution in [0.2, 0.25) is 0 Å². The molecule has 1 amide bonds. The van der Waals surface area contributed by atoms with Gasteiger partial charge in [-0.15, -0.1) is 0 Å². The highest BCUT2D eigenvalue weighted by molar-refractivity contribution is 5.93. The Balaban J connectivity index is 2.04. The van der Waals surface area contributed by atoms with E-state index in [1.54, 1.807) is 19.1 Å². The van der Waals surface area contributed by atoms with E-state index in [-0.39, 0.29) is 17.5 Å². The standard InChI is InChI=1S/C13H17N3O3/c1-9-7-11(4-5-12(9)16(18)19)15-13(17)10-3-2-6-14-8-10/h4-5,7,10,14H,2-3,6,8H2,1H3,(H,15,17)/t10-/m0/s1. The molecule has 2 N–H and O–H groups in total. The maximum Gasteiger partial charge on any atom is 0.272 e. The van der Waals surface area contributed by atoms with E-state index in [0.29, 0.717) is 17.8 Å². The number of nitrogens with zero attached hydrogens (tertiary/aromatic N) is 1. The van der Waals surface area contributed by atoms with Crippen LogP contribution < -0.4 is 10.6 Å². The van der Waals surface area contributed by atoms with Crippen LogP contribution in [0, 0.1) is 23.0 Å². The second kappa shape index (κ2) is 5.79. The van der Waals surface area contributed by atoms with Crippen molar-refractivity contribution in [1.29, 1.82) is 0 Å². The topological polar surface area (TPSA) is 84.3 Å². The highest BCUT2D eigenvalue weighted by Crippen LogP contribution is 2.22. The van der Waals surface area contributed by atoms with Gasteiger partial charge in [-0.05, 0) is 38.4 Å². The lowest BCUT2D eigenvalue weighted by atomic mass is 9.98. The van der Waals surface area contributed by atoms with Crippen LogP contribution in [0.15, 0.2) is 18.2 Å². The number of carbonyl (C=O) groups is 1. The van der Waals surface area contributed by atoms with Gasteiger partial charge in [0.15, 0.2) is 0 Å². The normalized spacial score (nSPS) is 18.9. The molecule has 0 unspecified atom stereocenters. The minimum Gasteiger partial charge on any atom is -0.326 e. The van der Waals surface area contributed by atoms with E-state index in [2.05, 4.69) is 10.6 Å². The van der Waals surface area contributed by atoms with Crippen LogP contribution in [-0.2, 0) is 4.79 Å². The number of piperidine rings is 1. The van der Waals surface area contributed by atoms with Crippen LogP contribution in [0.1, 0.15) is 18.4 Å². The maximum atomic E-state index is 12.0. The molecule has 102 valence electrons. The van der Waals surface area contributed by atoms with E-state index in [9.17, 15) is 14.9 Å². The van der Waals surface area contributed by atoms with Gasteiger partial charge in [0, 0.05) is 23.9 Å². The van der Waals surface area contributed by atoms with Crippen molar-refractivity contribution in [3.8, 4) is 0 Å². The average molecular weight is 263 g/mol.